The normalized spacial score (nSPS) is 16.4. The Labute approximate surface area is 219 Å². The molecule has 2 atom stereocenters. The summed E-state index contributed by atoms with van der Waals surface area (Å²) in [7, 11) is 0. The highest BCUT2D eigenvalue weighted by Gasteiger charge is 2.23. The zero-order chi connectivity index (χ0) is 26.3. The number of hydrogen-bond donors (Lipinski definition) is 3. The number of amides is 1. The van der Waals surface area contributed by atoms with E-state index in [1.807, 2.05) is 6.07 Å². The highest BCUT2D eigenvalue weighted by atomic mass is 19.1. The molecule has 3 N–H and O–H groups in total. The molecule has 2 aliphatic heterocycles. The van der Waals surface area contributed by atoms with E-state index in [0.29, 0.717) is 67.2 Å². The lowest BCUT2D eigenvalue weighted by atomic mass is 10.1. The third-order valence-corrected chi connectivity index (χ3v) is 6.01. The van der Waals surface area contributed by atoms with Gasteiger partial charge < -0.3 is 39.4 Å². The first-order chi connectivity index (χ1) is 18.5. The van der Waals surface area contributed by atoms with Gasteiger partial charge in [0.05, 0.1) is 0 Å². The lowest BCUT2D eigenvalue weighted by Crippen LogP contribution is -2.34. The van der Waals surface area contributed by atoms with Crippen molar-refractivity contribution in [2.75, 3.05) is 39.5 Å². The van der Waals surface area contributed by atoms with Gasteiger partial charge in [0, 0.05) is 31.3 Å². The van der Waals surface area contributed by atoms with Gasteiger partial charge in [0.15, 0.2) is 17.6 Å². The van der Waals surface area contributed by atoms with Gasteiger partial charge in [-0.15, -0.1) is 0 Å². The van der Waals surface area contributed by atoms with E-state index < -0.39 is 6.10 Å². The number of hydrogen-bond acceptors (Lipinski definition) is 8. The fourth-order valence-electron chi connectivity index (χ4n) is 4.05. The molecule has 10 heteroatoms. The van der Waals surface area contributed by atoms with Crippen molar-refractivity contribution in [2.45, 2.75) is 18.8 Å². The Morgan fingerprint density at radius 2 is 1.79 bits per heavy atom. The molecule has 5 rings (SSSR count). The summed E-state index contributed by atoms with van der Waals surface area (Å²) in [4.78, 5) is 11.6. The molecule has 0 aliphatic carbocycles. The summed E-state index contributed by atoms with van der Waals surface area (Å²) in [6, 6.07) is 16.4. The first-order valence-electron chi connectivity index (χ1n) is 12.4. The lowest BCUT2D eigenvalue weighted by Gasteiger charge is -2.27. The van der Waals surface area contributed by atoms with E-state index in [2.05, 4.69) is 10.6 Å². The number of halogens is 1. The Kier molecular flexibility index (Phi) is 8.10. The minimum absolute atomic E-state index is 0.0561. The molecule has 200 valence electrons. The fraction of sp³-hybridized carbons (Fsp3) is 0.321. The van der Waals surface area contributed by atoms with Crippen molar-refractivity contribution in [3.63, 3.8) is 0 Å². The van der Waals surface area contributed by atoms with E-state index in [0.717, 1.165) is 5.56 Å². The molecule has 0 bridgehead atoms. The number of carbonyl (C=O) groups is 1. The van der Waals surface area contributed by atoms with Gasteiger partial charge >= 0.3 is 0 Å². The molecular weight excluding hydrogens is 495 g/mol. The van der Waals surface area contributed by atoms with Crippen LogP contribution in [0.3, 0.4) is 0 Å². The number of carbonyl (C=O) groups excluding carboxylic acids is 1. The average molecular weight is 525 g/mol. The number of aliphatic hydroxyl groups excluding tert-OH is 1. The van der Waals surface area contributed by atoms with E-state index in [4.69, 9.17) is 23.7 Å². The summed E-state index contributed by atoms with van der Waals surface area (Å²) in [6.45, 7) is 2.49. The van der Waals surface area contributed by atoms with Crippen LogP contribution in [0.15, 0.2) is 60.7 Å². The summed E-state index contributed by atoms with van der Waals surface area (Å²) in [6.07, 6.45) is -1.02. The molecule has 2 heterocycles. The first kappa shape index (κ1) is 25.6. The Bertz CT molecular complexity index is 1250. The molecular formula is C28H29FN2O7. The predicted octanol–water partition coefficient (Wildman–Crippen LogP) is 2.70. The molecule has 38 heavy (non-hydrogen) atoms. The smallest absolute Gasteiger partial charge is 0.251 e. The maximum Gasteiger partial charge on any atom is 0.251 e. The predicted molar refractivity (Wildman–Crippen MR) is 136 cm³/mol. The van der Waals surface area contributed by atoms with Gasteiger partial charge in [0.25, 0.3) is 5.91 Å². The van der Waals surface area contributed by atoms with Crippen LogP contribution in [0.4, 0.5) is 4.39 Å². The van der Waals surface area contributed by atoms with Crippen LogP contribution in [-0.4, -0.2) is 62.7 Å². The summed E-state index contributed by atoms with van der Waals surface area (Å²) < 4.78 is 41.8. The van der Waals surface area contributed by atoms with Crippen molar-refractivity contribution in [2.24, 2.45) is 0 Å². The Morgan fingerprint density at radius 1 is 1.00 bits per heavy atom. The van der Waals surface area contributed by atoms with E-state index in [-0.39, 0.29) is 31.0 Å². The molecule has 0 unspecified atom stereocenters. The van der Waals surface area contributed by atoms with E-state index >= 15 is 0 Å². The van der Waals surface area contributed by atoms with E-state index in [1.165, 1.54) is 12.1 Å². The van der Waals surface area contributed by atoms with Crippen LogP contribution in [0.25, 0.3) is 0 Å². The molecule has 0 aromatic heterocycles. The SMILES string of the molecule is O=C1NCc2cc(OCCNC[C@H](O)COc3ccc4c(c3)OC[C@@H](COc3ccc(F)cc3)O4)ccc21. The highest BCUT2D eigenvalue weighted by Crippen LogP contribution is 2.35. The Morgan fingerprint density at radius 3 is 2.66 bits per heavy atom. The second-order valence-electron chi connectivity index (χ2n) is 8.94. The first-order valence-corrected chi connectivity index (χ1v) is 12.4. The van der Waals surface area contributed by atoms with Crippen LogP contribution < -0.4 is 34.3 Å². The quantitative estimate of drug-likeness (QED) is 0.311. The van der Waals surface area contributed by atoms with Crippen molar-refractivity contribution in [1.29, 1.82) is 0 Å². The van der Waals surface area contributed by atoms with Crippen LogP contribution in [0, 0.1) is 5.82 Å². The second kappa shape index (κ2) is 12.0. The van der Waals surface area contributed by atoms with Crippen LogP contribution in [0.2, 0.25) is 0 Å². The second-order valence-corrected chi connectivity index (χ2v) is 8.94. The minimum Gasteiger partial charge on any atom is -0.492 e. The number of fused-ring (bicyclic) bond motifs is 2. The molecule has 0 saturated heterocycles. The summed E-state index contributed by atoms with van der Waals surface area (Å²) in [5, 5.41) is 16.2. The fourth-order valence-corrected chi connectivity index (χ4v) is 4.05. The monoisotopic (exact) mass is 524 g/mol. The van der Waals surface area contributed by atoms with E-state index in [9.17, 15) is 14.3 Å². The average Bonchev–Trinajstić information content (AvgIpc) is 3.31. The van der Waals surface area contributed by atoms with Crippen LogP contribution >= 0.6 is 0 Å². The Hall–Kier alpha value is -4.02. The molecule has 1 amide bonds. The van der Waals surface area contributed by atoms with Gasteiger partial charge in [-0.2, -0.15) is 0 Å². The molecule has 0 radical (unpaired) electrons. The van der Waals surface area contributed by atoms with Crippen LogP contribution in [0.1, 0.15) is 15.9 Å². The van der Waals surface area contributed by atoms with Crippen molar-refractivity contribution >= 4 is 5.91 Å². The number of aliphatic hydroxyl groups is 1. The largest absolute Gasteiger partial charge is 0.492 e. The number of benzene rings is 3. The topological polar surface area (TPSA) is 108 Å². The van der Waals surface area contributed by atoms with Gasteiger partial charge in [-0.05, 0) is 60.2 Å². The van der Waals surface area contributed by atoms with Crippen molar-refractivity contribution in [3.05, 3.63) is 77.6 Å². The van der Waals surface area contributed by atoms with Gasteiger partial charge in [0.2, 0.25) is 0 Å². The van der Waals surface area contributed by atoms with Gasteiger partial charge in [-0.3, -0.25) is 4.79 Å². The van der Waals surface area contributed by atoms with Gasteiger partial charge in [-0.1, -0.05) is 0 Å². The third kappa shape index (κ3) is 6.64. The summed E-state index contributed by atoms with van der Waals surface area (Å²) in [5.74, 6) is 2.57. The summed E-state index contributed by atoms with van der Waals surface area (Å²) >= 11 is 0. The number of rotatable bonds is 12. The molecule has 0 saturated carbocycles. The Balaban J connectivity index is 0.982. The zero-order valence-corrected chi connectivity index (χ0v) is 20.7. The van der Waals surface area contributed by atoms with Gasteiger partial charge in [-0.25, -0.2) is 4.39 Å². The maximum atomic E-state index is 13.0. The number of nitrogens with one attached hydrogen (secondary N) is 2. The molecule has 9 nitrogen and oxygen atoms in total. The van der Waals surface area contributed by atoms with Crippen molar-refractivity contribution in [1.82, 2.24) is 10.6 Å². The standard InChI is InChI=1S/C28H29FN2O7/c29-19-1-3-21(4-2-19)36-16-24-17-37-27-12-23(6-8-26(27)38-24)35-15-20(32)14-30-9-10-34-22-5-7-25-18(11-22)13-31-28(25)33/h1-8,11-12,20,24,30,32H,9-10,13-17H2,(H,31,33)/t20-,24+/m0/s1. The molecule has 3 aromatic rings. The van der Waals surface area contributed by atoms with Crippen LogP contribution in [-0.2, 0) is 6.54 Å². The van der Waals surface area contributed by atoms with Crippen molar-refractivity contribution < 1.29 is 38.0 Å². The highest BCUT2D eigenvalue weighted by molar-refractivity contribution is 5.98. The van der Waals surface area contributed by atoms with E-state index in [1.54, 1.807) is 42.5 Å². The summed E-state index contributed by atoms with van der Waals surface area (Å²) in [5.41, 5.74) is 1.62. The zero-order valence-electron chi connectivity index (χ0n) is 20.7. The number of ether oxygens (including phenoxy) is 5. The minimum atomic E-state index is -0.715. The lowest BCUT2D eigenvalue weighted by molar-refractivity contribution is 0.0529. The molecule has 2 aliphatic rings. The third-order valence-electron chi connectivity index (χ3n) is 6.01. The molecule has 3 aromatic carbocycles. The van der Waals surface area contributed by atoms with Crippen LogP contribution in [0.5, 0.6) is 28.7 Å². The maximum absolute atomic E-state index is 13.0. The van der Waals surface area contributed by atoms with Crippen molar-refractivity contribution in [3.8, 4) is 28.7 Å². The molecule has 0 fully saturated rings. The molecule has 0 spiro atoms. The van der Waals surface area contributed by atoms with Gasteiger partial charge in [0.1, 0.15) is 55.6 Å².